The summed E-state index contributed by atoms with van der Waals surface area (Å²) in [7, 11) is -3.06. The molecule has 0 aromatic heterocycles. The molecule has 1 aromatic carbocycles. The highest BCUT2D eigenvalue weighted by molar-refractivity contribution is 7.91. The summed E-state index contributed by atoms with van der Waals surface area (Å²) in [5.74, 6) is -2.37. The minimum atomic E-state index is -3.06. The van der Waals surface area contributed by atoms with Crippen LogP contribution in [-0.4, -0.2) is 31.4 Å². The average molecular weight is 306 g/mol. The Morgan fingerprint density at radius 3 is 2.65 bits per heavy atom. The molecule has 1 heterocycles. The van der Waals surface area contributed by atoms with Crippen molar-refractivity contribution >= 4 is 21.2 Å². The van der Waals surface area contributed by atoms with E-state index in [1.54, 1.807) is 0 Å². The van der Waals surface area contributed by atoms with Crippen molar-refractivity contribution in [2.24, 2.45) is 5.92 Å². The van der Waals surface area contributed by atoms with Crippen molar-refractivity contribution in [2.45, 2.75) is 6.42 Å². The van der Waals surface area contributed by atoms with Gasteiger partial charge in [0.15, 0.2) is 9.84 Å². The van der Waals surface area contributed by atoms with E-state index in [9.17, 15) is 27.3 Å². The molecule has 1 aliphatic rings. The number of hydrogen-bond donors (Lipinski definition) is 1. The van der Waals surface area contributed by atoms with Gasteiger partial charge in [0, 0.05) is 18.7 Å². The maximum atomic E-state index is 13.4. The molecule has 0 amide bonds. The third kappa shape index (κ3) is 3.21. The first-order valence-electron chi connectivity index (χ1n) is 5.86. The van der Waals surface area contributed by atoms with Gasteiger partial charge in [0.1, 0.15) is 11.5 Å². The zero-order valence-electron chi connectivity index (χ0n) is 10.3. The molecule has 1 N–H and O–H groups in total. The summed E-state index contributed by atoms with van der Waals surface area (Å²) in [4.78, 5) is 9.82. The second kappa shape index (κ2) is 5.31. The van der Waals surface area contributed by atoms with E-state index >= 15 is 0 Å². The highest BCUT2D eigenvalue weighted by atomic mass is 32.2. The summed E-state index contributed by atoms with van der Waals surface area (Å²) in [6.07, 6.45) is 0.431. The number of anilines is 1. The Balaban J connectivity index is 2.15. The van der Waals surface area contributed by atoms with Crippen LogP contribution in [0.2, 0.25) is 0 Å². The standard InChI is InChI=1S/C11H12F2N2O4S/c12-8-3-9(13)11(15(16)17)10(4-8)14-5-7-1-2-20(18,19)6-7/h3-4,7,14H,1-2,5-6H2. The van der Waals surface area contributed by atoms with Gasteiger partial charge in [0.2, 0.25) is 5.82 Å². The topological polar surface area (TPSA) is 89.3 Å². The molecule has 6 nitrogen and oxygen atoms in total. The highest BCUT2D eigenvalue weighted by Gasteiger charge is 2.29. The number of rotatable bonds is 4. The third-order valence-corrected chi connectivity index (χ3v) is 4.96. The van der Waals surface area contributed by atoms with E-state index in [0.717, 1.165) is 6.07 Å². The van der Waals surface area contributed by atoms with Crippen LogP contribution in [0.4, 0.5) is 20.2 Å². The summed E-state index contributed by atoms with van der Waals surface area (Å²) in [6.45, 7) is 0.114. The number of nitrogens with zero attached hydrogens (tertiary/aromatic N) is 1. The van der Waals surface area contributed by atoms with Crippen LogP contribution in [0.25, 0.3) is 0 Å². The molecule has 0 radical (unpaired) electrons. The Labute approximate surface area is 113 Å². The highest BCUT2D eigenvalue weighted by Crippen LogP contribution is 2.29. The van der Waals surface area contributed by atoms with Crippen LogP contribution in [0, 0.1) is 27.7 Å². The van der Waals surface area contributed by atoms with Crippen molar-refractivity contribution < 1.29 is 22.1 Å². The number of nitrogens with one attached hydrogen (secondary N) is 1. The molecule has 110 valence electrons. The molecule has 0 aliphatic carbocycles. The lowest BCUT2D eigenvalue weighted by Crippen LogP contribution is -2.16. The molecule has 9 heteroatoms. The molecule has 0 spiro atoms. The fourth-order valence-electron chi connectivity index (χ4n) is 2.17. The summed E-state index contributed by atoms with van der Waals surface area (Å²) in [5.41, 5.74) is -1.12. The molecular weight excluding hydrogens is 294 g/mol. The van der Waals surface area contributed by atoms with E-state index in [4.69, 9.17) is 0 Å². The number of benzene rings is 1. The molecule has 1 unspecified atom stereocenters. The first-order valence-corrected chi connectivity index (χ1v) is 7.68. The van der Waals surface area contributed by atoms with E-state index in [1.165, 1.54) is 0 Å². The molecular formula is C11H12F2N2O4S. The van der Waals surface area contributed by atoms with Crippen molar-refractivity contribution in [1.82, 2.24) is 0 Å². The van der Waals surface area contributed by atoms with Crippen LogP contribution in [0.5, 0.6) is 0 Å². The van der Waals surface area contributed by atoms with Crippen molar-refractivity contribution in [1.29, 1.82) is 0 Å². The number of nitro benzene ring substituents is 1. The molecule has 0 saturated carbocycles. The summed E-state index contributed by atoms with van der Waals surface area (Å²) in [5, 5.41) is 13.3. The Kier molecular flexibility index (Phi) is 3.89. The SMILES string of the molecule is O=[N+]([O-])c1c(F)cc(F)cc1NCC1CCS(=O)(=O)C1. The van der Waals surface area contributed by atoms with Crippen molar-refractivity contribution in [3.63, 3.8) is 0 Å². The van der Waals surface area contributed by atoms with Crippen LogP contribution in [0.1, 0.15) is 6.42 Å². The molecule has 1 aliphatic heterocycles. The fourth-order valence-corrected chi connectivity index (χ4v) is 4.04. The van der Waals surface area contributed by atoms with Gasteiger partial charge in [-0.1, -0.05) is 0 Å². The van der Waals surface area contributed by atoms with Gasteiger partial charge >= 0.3 is 5.69 Å². The van der Waals surface area contributed by atoms with Gasteiger partial charge in [-0.05, 0) is 12.3 Å². The van der Waals surface area contributed by atoms with Gasteiger partial charge in [-0.25, -0.2) is 12.8 Å². The van der Waals surface area contributed by atoms with E-state index in [2.05, 4.69) is 5.32 Å². The normalized spacial score (nSPS) is 20.8. The van der Waals surface area contributed by atoms with Gasteiger partial charge in [-0.2, -0.15) is 4.39 Å². The average Bonchev–Trinajstić information content (AvgIpc) is 2.64. The molecule has 1 atom stereocenters. The minimum Gasteiger partial charge on any atom is -0.379 e. The quantitative estimate of drug-likeness (QED) is 0.676. The van der Waals surface area contributed by atoms with Crippen LogP contribution < -0.4 is 5.32 Å². The van der Waals surface area contributed by atoms with Gasteiger partial charge in [-0.15, -0.1) is 0 Å². The Bertz CT molecular complexity index is 648. The molecule has 0 bridgehead atoms. The van der Waals surface area contributed by atoms with Crippen molar-refractivity contribution in [3.05, 3.63) is 33.9 Å². The lowest BCUT2D eigenvalue weighted by molar-refractivity contribution is -0.386. The summed E-state index contributed by atoms with van der Waals surface area (Å²) in [6, 6.07) is 1.26. The van der Waals surface area contributed by atoms with Gasteiger partial charge in [-0.3, -0.25) is 10.1 Å². The molecule has 1 aromatic rings. The lowest BCUT2D eigenvalue weighted by Gasteiger charge is -2.11. The fraction of sp³-hybridized carbons (Fsp3) is 0.455. The van der Waals surface area contributed by atoms with E-state index < -0.39 is 32.1 Å². The second-order valence-corrected chi connectivity index (χ2v) is 6.92. The zero-order valence-corrected chi connectivity index (χ0v) is 11.1. The summed E-state index contributed by atoms with van der Waals surface area (Å²) >= 11 is 0. The second-order valence-electron chi connectivity index (χ2n) is 4.69. The Hall–Kier alpha value is -1.77. The van der Waals surface area contributed by atoms with E-state index in [1.807, 2.05) is 0 Å². The predicted molar refractivity (Wildman–Crippen MR) is 68.3 cm³/mol. The minimum absolute atomic E-state index is 0.0222. The number of halogens is 2. The Morgan fingerprint density at radius 2 is 2.10 bits per heavy atom. The van der Waals surface area contributed by atoms with Gasteiger partial charge in [0.05, 0.1) is 16.4 Å². The van der Waals surface area contributed by atoms with Crippen LogP contribution in [0.3, 0.4) is 0 Å². The zero-order chi connectivity index (χ0) is 14.9. The van der Waals surface area contributed by atoms with Gasteiger partial charge < -0.3 is 5.32 Å². The van der Waals surface area contributed by atoms with E-state index in [-0.39, 0.29) is 29.7 Å². The van der Waals surface area contributed by atoms with Crippen molar-refractivity contribution in [3.8, 4) is 0 Å². The largest absolute Gasteiger partial charge is 0.379 e. The first kappa shape index (κ1) is 14.6. The first-order chi connectivity index (χ1) is 9.28. The predicted octanol–water partition coefficient (Wildman–Crippen LogP) is 1.72. The van der Waals surface area contributed by atoms with Crippen LogP contribution in [-0.2, 0) is 9.84 Å². The maximum absolute atomic E-state index is 13.4. The number of nitro groups is 1. The maximum Gasteiger partial charge on any atom is 0.327 e. The Morgan fingerprint density at radius 1 is 1.40 bits per heavy atom. The smallest absolute Gasteiger partial charge is 0.327 e. The summed E-state index contributed by atoms with van der Waals surface area (Å²) < 4.78 is 49.0. The molecule has 20 heavy (non-hydrogen) atoms. The lowest BCUT2D eigenvalue weighted by atomic mass is 10.1. The van der Waals surface area contributed by atoms with Crippen LogP contribution >= 0.6 is 0 Å². The monoisotopic (exact) mass is 306 g/mol. The molecule has 2 rings (SSSR count). The molecule has 1 saturated heterocycles. The van der Waals surface area contributed by atoms with Crippen molar-refractivity contribution in [2.75, 3.05) is 23.4 Å². The number of hydrogen-bond acceptors (Lipinski definition) is 5. The number of sulfone groups is 1. The third-order valence-electron chi connectivity index (χ3n) is 3.12. The molecule has 1 fully saturated rings. The van der Waals surface area contributed by atoms with Gasteiger partial charge in [0.25, 0.3) is 0 Å². The van der Waals surface area contributed by atoms with Crippen LogP contribution in [0.15, 0.2) is 12.1 Å². The van der Waals surface area contributed by atoms with E-state index in [0.29, 0.717) is 12.5 Å².